The van der Waals surface area contributed by atoms with E-state index in [1.54, 1.807) is 0 Å². The topological polar surface area (TPSA) is 51.0 Å². The Morgan fingerprint density at radius 2 is 2.04 bits per heavy atom. The highest BCUT2D eigenvalue weighted by molar-refractivity contribution is 7.13. The van der Waals surface area contributed by atoms with E-state index in [2.05, 4.69) is 15.6 Å². The molecular weight excluding hydrogens is 320 g/mol. The van der Waals surface area contributed by atoms with E-state index in [4.69, 9.17) is 4.98 Å². The minimum Gasteiger partial charge on any atom is -0.329 e. The highest BCUT2D eigenvalue weighted by Crippen LogP contribution is 2.35. The minimum atomic E-state index is 0.0386. The van der Waals surface area contributed by atoms with Crippen molar-refractivity contribution in [3.05, 3.63) is 45.7 Å². The molecule has 3 heterocycles. The number of amides is 1. The summed E-state index contributed by atoms with van der Waals surface area (Å²) in [4.78, 5) is 25.0. The third-order valence-corrected chi connectivity index (χ3v) is 5.79. The predicted octanol–water partition coefficient (Wildman–Crippen LogP) is 3.62. The molecule has 6 heteroatoms. The van der Waals surface area contributed by atoms with Crippen LogP contribution in [0.25, 0.3) is 11.0 Å². The molecule has 1 unspecified atom stereocenters. The molecule has 0 spiro atoms. The number of carbonyl (C=O) groups is 1. The van der Waals surface area contributed by atoms with Crippen LogP contribution in [-0.4, -0.2) is 31.9 Å². The molecule has 1 fully saturated rings. The first-order chi connectivity index (χ1) is 11.6. The van der Waals surface area contributed by atoms with Crippen LogP contribution in [0, 0.1) is 13.8 Å². The van der Waals surface area contributed by atoms with Crippen molar-refractivity contribution in [2.45, 2.75) is 32.7 Å². The summed E-state index contributed by atoms with van der Waals surface area (Å²) >= 11 is 1.49. The summed E-state index contributed by atoms with van der Waals surface area (Å²) in [5.74, 6) is 1.06. The van der Waals surface area contributed by atoms with Gasteiger partial charge in [0.25, 0.3) is 5.91 Å². The van der Waals surface area contributed by atoms with Crippen molar-refractivity contribution in [1.82, 2.24) is 19.4 Å². The molecule has 1 atom stereocenters. The van der Waals surface area contributed by atoms with Crippen molar-refractivity contribution in [1.29, 1.82) is 0 Å². The van der Waals surface area contributed by atoms with Gasteiger partial charge in [0.2, 0.25) is 0 Å². The predicted molar refractivity (Wildman–Crippen MR) is 95.3 cm³/mol. The first kappa shape index (κ1) is 15.3. The van der Waals surface area contributed by atoms with Gasteiger partial charge >= 0.3 is 0 Å². The van der Waals surface area contributed by atoms with Gasteiger partial charge in [-0.3, -0.25) is 4.79 Å². The van der Waals surface area contributed by atoms with Crippen LogP contribution in [0.1, 0.15) is 45.1 Å². The zero-order valence-corrected chi connectivity index (χ0v) is 14.9. The Labute approximate surface area is 145 Å². The normalized spacial score (nSPS) is 17.8. The number of benzene rings is 1. The molecule has 3 aromatic rings. The van der Waals surface area contributed by atoms with Crippen LogP contribution in [0.3, 0.4) is 0 Å². The van der Waals surface area contributed by atoms with E-state index < -0.39 is 0 Å². The van der Waals surface area contributed by atoms with Crippen LogP contribution < -0.4 is 0 Å². The molecule has 1 saturated heterocycles. The lowest BCUT2D eigenvalue weighted by atomic mass is 10.2. The second kappa shape index (κ2) is 5.70. The maximum Gasteiger partial charge on any atom is 0.266 e. The average molecular weight is 340 g/mol. The Kier molecular flexibility index (Phi) is 3.64. The van der Waals surface area contributed by atoms with Crippen LogP contribution in [-0.2, 0) is 7.05 Å². The molecule has 0 N–H and O–H groups in total. The molecule has 1 aliphatic heterocycles. The van der Waals surface area contributed by atoms with Gasteiger partial charge in [-0.2, -0.15) is 0 Å². The first-order valence-electron chi connectivity index (χ1n) is 8.22. The Bertz CT molecular complexity index is 926. The van der Waals surface area contributed by atoms with E-state index in [0.29, 0.717) is 0 Å². The van der Waals surface area contributed by atoms with Crippen molar-refractivity contribution in [3.8, 4) is 0 Å². The second-order valence-corrected chi connectivity index (χ2v) is 7.52. The molecule has 1 aromatic carbocycles. The summed E-state index contributed by atoms with van der Waals surface area (Å²) in [6.07, 6.45) is 1.97. The third kappa shape index (κ3) is 2.33. The van der Waals surface area contributed by atoms with Crippen LogP contribution in [0.2, 0.25) is 0 Å². The quantitative estimate of drug-likeness (QED) is 0.716. The van der Waals surface area contributed by atoms with Gasteiger partial charge in [0, 0.05) is 13.6 Å². The average Bonchev–Trinajstić information content (AvgIpc) is 3.25. The number of hydrogen-bond donors (Lipinski definition) is 0. The lowest BCUT2D eigenvalue weighted by molar-refractivity contribution is 0.0732. The number of rotatable bonds is 2. The molecule has 1 aliphatic rings. The standard InChI is InChI=1S/C18H20N4OS/c1-11-16(24-12(2)19-11)18(23)22-10-6-9-15(22)17-20-13-7-4-5-8-14(13)21(17)3/h4-5,7-8,15H,6,9-10H2,1-3H3. The van der Waals surface area contributed by atoms with Gasteiger partial charge in [-0.05, 0) is 38.8 Å². The number of aromatic nitrogens is 3. The van der Waals surface area contributed by atoms with Gasteiger partial charge in [-0.15, -0.1) is 11.3 Å². The van der Waals surface area contributed by atoms with E-state index in [1.165, 1.54) is 11.3 Å². The number of carbonyl (C=O) groups excluding carboxylic acids is 1. The van der Waals surface area contributed by atoms with Gasteiger partial charge in [0.05, 0.1) is 27.8 Å². The minimum absolute atomic E-state index is 0.0386. The summed E-state index contributed by atoms with van der Waals surface area (Å²) in [6.45, 7) is 4.64. The smallest absolute Gasteiger partial charge is 0.266 e. The fourth-order valence-electron chi connectivity index (χ4n) is 3.60. The zero-order chi connectivity index (χ0) is 16.8. The molecule has 1 amide bonds. The van der Waals surface area contributed by atoms with Crippen LogP contribution in [0.15, 0.2) is 24.3 Å². The number of nitrogens with zero attached hydrogens (tertiary/aromatic N) is 4. The highest BCUT2D eigenvalue weighted by atomic mass is 32.1. The Balaban J connectivity index is 1.73. The molecule has 124 valence electrons. The first-order valence-corrected chi connectivity index (χ1v) is 9.04. The summed E-state index contributed by atoms with van der Waals surface area (Å²) in [7, 11) is 2.04. The molecule has 0 radical (unpaired) electrons. The molecule has 24 heavy (non-hydrogen) atoms. The molecule has 0 aliphatic carbocycles. The number of para-hydroxylation sites is 2. The van der Waals surface area contributed by atoms with Crippen LogP contribution in [0.5, 0.6) is 0 Å². The number of imidazole rings is 1. The second-order valence-electron chi connectivity index (χ2n) is 6.32. The summed E-state index contributed by atoms with van der Waals surface area (Å²) < 4.78 is 2.12. The third-order valence-electron chi connectivity index (χ3n) is 4.73. The molecular formula is C18H20N4OS. The van der Waals surface area contributed by atoms with Crippen molar-refractivity contribution in [2.75, 3.05) is 6.54 Å². The Hall–Kier alpha value is -2.21. The largest absolute Gasteiger partial charge is 0.329 e. The van der Waals surface area contributed by atoms with Gasteiger partial charge in [0.1, 0.15) is 10.7 Å². The molecule has 5 nitrogen and oxygen atoms in total. The van der Waals surface area contributed by atoms with Crippen molar-refractivity contribution in [3.63, 3.8) is 0 Å². The SMILES string of the molecule is Cc1nc(C)c(C(=O)N2CCCC2c2nc3ccccc3n2C)s1. The van der Waals surface area contributed by atoms with Gasteiger partial charge in [-0.1, -0.05) is 12.1 Å². The Morgan fingerprint density at radius 1 is 1.25 bits per heavy atom. The molecule has 2 aromatic heterocycles. The van der Waals surface area contributed by atoms with Crippen molar-refractivity contribution >= 4 is 28.3 Å². The molecule has 0 bridgehead atoms. The monoisotopic (exact) mass is 340 g/mol. The van der Waals surface area contributed by atoms with E-state index >= 15 is 0 Å². The number of aryl methyl sites for hydroxylation is 3. The fourth-order valence-corrected chi connectivity index (χ4v) is 4.48. The van der Waals surface area contributed by atoms with Crippen molar-refractivity contribution < 1.29 is 4.79 Å². The fraction of sp³-hybridized carbons (Fsp3) is 0.389. The summed E-state index contributed by atoms with van der Waals surface area (Å²) in [6, 6.07) is 8.16. The lowest BCUT2D eigenvalue weighted by Gasteiger charge is -2.24. The van der Waals surface area contributed by atoms with E-state index in [1.807, 2.05) is 44.0 Å². The zero-order valence-electron chi connectivity index (χ0n) is 14.1. The summed E-state index contributed by atoms with van der Waals surface area (Å²) in [5.41, 5.74) is 2.92. The van der Waals surface area contributed by atoms with Crippen LogP contribution >= 0.6 is 11.3 Å². The van der Waals surface area contributed by atoms with Gasteiger partial charge in [0.15, 0.2) is 0 Å². The van der Waals surface area contributed by atoms with Gasteiger partial charge < -0.3 is 9.47 Å². The molecule has 0 saturated carbocycles. The lowest BCUT2D eigenvalue weighted by Crippen LogP contribution is -2.31. The number of likely N-dealkylation sites (tertiary alicyclic amines) is 1. The van der Waals surface area contributed by atoms with E-state index in [9.17, 15) is 4.79 Å². The number of fused-ring (bicyclic) bond motifs is 1. The molecule has 4 rings (SSSR count). The van der Waals surface area contributed by atoms with Crippen LogP contribution in [0.4, 0.5) is 0 Å². The Morgan fingerprint density at radius 3 is 2.75 bits per heavy atom. The van der Waals surface area contributed by atoms with E-state index in [-0.39, 0.29) is 11.9 Å². The van der Waals surface area contributed by atoms with Gasteiger partial charge in [-0.25, -0.2) is 9.97 Å². The maximum atomic E-state index is 13.1. The number of thiazole rings is 1. The van der Waals surface area contributed by atoms with Crippen molar-refractivity contribution in [2.24, 2.45) is 7.05 Å². The highest BCUT2D eigenvalue weighted by Gasteiger charge is 2.35. The number of hydrogen-bond acceptors (Lipinski definition) is 4. The van der Waals surface area contributed by atoms with E-state index in [0.717, 1.165) is 51.8 Å². The maximum absolute atomic E-state index is 13.1. The summed E-state index contributed by atoms with van der Waals surface area (Å²) in [5, 5.41) is 0.939.